The summed E-state index contributed by atoms with van der Waals surface area (Å²) >= 11 is 1.65. The molecule has 0 aliphatic carbocycles. The number of imidazole rings is 1. The van der Waals surface area contributed by atoms with E-state index < -0.39 is 0 Å². The van der Waals surface area contributed by atoms with Crippen molar-refractivity contribution in [2.24, 2.45) is 0 Å². The zero-order valence-electron chi connectivity index (χ0n) is 13.2. The fourth-order valence-electron chi connectivity index (χ4n) is 2.37. The van der Waals surface area contributed by atoms with Gasteiger partial charge in [0.25, 0.3) is 0 Å². The predicted molar refractivity (Wildman–Crippen MR) is 90.5 cm³/mol. The first-order valence-electron chi connectivity index (χ1n) is 7.22. The van der Waals surface area contributed by atoms with Crippen molar-refractivity contribution in [1.82, 2.24) is 24.8 Å². The van der Waals surface area contributed by atoms with Gasteiger partial charge in [0.2, 0.25) is 5.91 Å². The van der Waals surface area contributed by atoms with Crippen LogP contribution in [0.1, 0.15) is 17.8 Å². The summed E-state index contributed by atoms with van der Waals surface area (Å²) in [5.41, 5.74) is 1.33. The number of likely N-dealkylation sites (N-methyl/N-ethyl adjacent to an activating group) is 2. The highest BCUT2D eigenvalue weighted by molar-refractivity contribution is 7.10. The lowest BCUT2D eigenvalue weighted by Gasteiger charge is -2.27. The molecule has 3 aromatic rings. The summed E-state index contributed by atoms with van der Waals surface area (Å²) in [6.07, 6.45) is 3.03. The van der Waals surface area contributed by atoms with Gasteiger partial charge in [-0.15, -0.1) is 11.3 Å². The lowest BCUT2D eigenvalue weighted by Crippen LogP contribution is -2.38. The number of fused-ring (bicyclic) bond motifs is 1. The van der Waals surface area contributed by atoms with Crippen molar-refractivity contribution in [3.8, 4) is 0 Å². The van der Waals surface area contributed by atoms with Gasteiger partial charge in [0.05, 0.1) is 18.9 Å². The standard InChI is InChI=1S/C15H18N6OS/c1-10(11-5-4-6-23-11)21(3)12(22)7-20(2)15-13-14(17-8-16-13)18-9-19-15/h4-6,8-10H,7H2,1-3H3,(H,16,17,18,19). The van der Waals surface area contributed by atoms with E-state index in [1.54, 1.807) is 22.6 Å². The molecule has 0 aliphatic rings. The van der Waals surface area contributed by atoms with Crippen LogP contribution in [0.15, 0.2) is 30.2 Å². The van der Waals surface area contributed by atoms with Crippen LogP contribution < -0.4 is 4.90 Å². The lowest BCUT2D eigenvalue weighted by atomic mass is 10.2. The first-order chi connectivity index (χ1) is 11.1. The van der Waals surface area contributed by atoms with Crippen LogP contribution in [-0.2, 0) is 4.79 Å². The molecule has 3 rings (SSSR count). The molecule has 3 heterocycles. The van der Waals surface area contributed by atoms with E-state index in [1.165, 1.54) is 11.2 Å². The SMILES string of the molecule is CC(c1cccs1)N(C)C(=O)CN(C)c1ncnc2nc[nH]c12. The summed E-state index contributed by atoms with van der Waals surface area (Å²) in [6.45, 7) is 2.26. The number of carbonyl (C=O) groups is 1. The Morgan fingerprint density at radius 2 is 2.17 bits per heavy atom. The number of H-pyrrole nitrogens is 1. The van der Waals surface area contributed by atoms with E-state index in [-0.39, 0.29) is 18.5 Å². The second kappa shape index (κ2) is 6.33. The van der Waals surface area contributed by atoms with Crippen LogP contribution >= 0.6 is 11.3 Å². The third-order valence-electron chi connectivity index (χ3n) is 3.87. The molecule has 23 heavy (non-hydrogen) atoms. The van der Waals surface area contributed by atoms with Gasteiger partial charge in [0.1, 0.15) is 11.8 Å². The van der Waals surface area contributed by atoms with Gasteiger partial charge in [-0.3, -0.25) is 4.79 Å². The second-order valence-corrected chi connectivity index (χ2v) is 6.33. The molecule has 1 N–H and O–H groups in total. The summed E-state index contributed by atoms with van der Waals surface area (Å²) in [5, 5.41) is 2.02. The van der Waals surface area contributed by atoms with Crippen molar-refractivity contribution in [3.05, 3.63) is 35.0 Å². The first-order valence-corrected chi connectivity index (χ1v) is 8.10. The number of aromatic amines is 1. The molecule has 3 aromatic heterocycles. The molecular formula is C15H18N6OS. The van der Waals surface area contributed by atoms with E-state index in [1.807, 2.05) is 43.4 Å². The van der Waals surface area contributed by atoms with E-state index in [0.29, 0.717) is 11.5 Å². The molecule has 0 fully saturated rings. The average molecular weight is 330 g/mol. The van der Waals surface area contributed by atoms with Gasteiger partial charge in [-0.05, 0) is 18.4 Å². The number of hydrogen-bond donors (Lipinski definition) is 1. The number of hydrogen-bond acceptors (Lipinski definition) is 6. The fraction of sp³-hybridized carbons (Fsp3) is 0.333. The Labute approximate surface area is 138 Å². The van der Waals surface area contributed by atoms with Crippen LogP contribution in [0.3, 0.4) is 0 Å². The van der Waals surface area contributed by atoms with Crippen LogP contribution in [0.4, 0.5) is 5.82 Å². The van der Waals surface area contributed by atoms with Gasteiger partial charge in [-0.25, -0.2) is 15.0 Å². The zero-order valence-corrected chi connectivity index (χ0v) is 14.0. The number of carbonyl (C=O) groups excluding carboxylic acids is 1. The quantitative estimate of drug-likeness (QED) is 0.775. The Hall–Kier alpha value is -2.48. The van der Waals surface area contributed by atoms with Gasteiger partial charge in [0.15, 0.2) is 11.5 Å². The number of anilines is 1. The van der Waals surface area contributed by atoms with Gasteiger partial charge < -0.3 is 14.8 Å². The first kappa shape index (κ1) is 15.4. The van der Waals surface area contributed by atoms with Crippen molar-refractivity contribution >= 4 is 34.2 Å². The summed E-state index contributed by atoms with van der Waals surface area (Å²) in [7, 11) is 3.66. The zero-order chi connectivity index (χ0) is 16.4. The minimum absolute atomic E-state index is 0.0275. The van der Waals surface area contributed by atoms with Crippen LogP contribution in [0.5, 0.6) is 0 Å². The smallest absolute Gasteiger partial charge is 0.242 e. The molecule has 7 nitrogen and oxygen atoms in total. The summed E-state index contributed by atoms with van der Waals surface area (Å²) in [4.78, 5) is 32.8. The molecule has 0 radical (unpaired) electrons. The number of aromatic nitrogens is 4. The molecule has 0 saturated heterocycles. The third-order valence-corrected chi connectivity index (χ3v) is 4.91. The van der Waals surface area contributed by atoms with Crippen molar-refractivity contribution in [1.29, 1.82) is 0 Å². The minimum Gasteiger partial charge on any atom is -0.348 e. The monoisotopic (exact) mass is 330 g/mol. The van der Waals surface area contributed by atoms with Gasteiger partial charge >= 0.3 is 0 Å². The normalized spacial score (nSPS) is 12.3. The number of amides is 1. The van der Waals surface area contributed by atoms with Crippen LogP contribution in [-0.4, -0.2) is 51.4 Å². The molecule has 0 aliphatic heterocycles. The minimum atomic E-state index is 0.0275. The number of thiophene rings is 1. The Balaban J connectivity index is 1.73. The maximum atomic E-state index is 12.6. The van der Waals surface area contributed by atoms with Crippen LogP contribution in [0.2, 0.25) is 0 Å². The maximum absolute atomic E-state index is 12.6. The molecule has 1 unspecified atom stereocenters. The molecule has 0 aromatic carbocycles. The Morgan fingerprint density at radius 3 is 2.91 bits per heavy atom. The Bertz CT molecular complexity index is 799. The molecular weight excluding hydrogens is 312 g/mol. The van der Waals surface area contributed by atoms with Gasteiger partial charge in [-0.2, -0.15) is 0 Å². The van der Waals surface area contributed by atoms with E-state index in [0.717, 1.165) is 5.52 Å². The Kier molecular flexibility index (Phi) is 4.24. The number of rotatable bonds is 5. The fourth-order valence-corrected chi connectivity index (χ4v) is 3.19. The molecule has 0 spiro atoms. The largest absolute Gasteiger partial charge is 0.348 e. The predicted octanol–water partition coefficient (Wildman–Crippen LogP) is 2.07. The van der Waals surface area contributed by atoms with Crippen LogP contribution in [0, 0.1) is 0 Å². The molecule has 1 atom stereocenters. The van der Waals surface area contributed by atoms with Crippen molar-refractivity contribution in [2.45, 2.75) is 13.0 Å². The molecule has 1 amide bonds. The van der Waals surface area contributed by atoms with Crippen molar-refractivity contribution in [3.63, 3.8) is 0 Å². The summed E-state index contributed by atoms with van der Waals surface area (Å²) in [6, 6.07) is 4.09. The topological polar surface area (TPSA) is 78.0 Å². The highest BCUT2D eigenvalue weighted by atomic mass is 32.1. The second-order valence-electron chi connectivity index (χ2n) is 5.35. The molecule has 0 saturated carbocycles. The maximum Gasteiger partial charge on any atom is 0.242 e. The molecule has 120 valence electrons. The van der Waals surface area contributed by atoms with E-state index >= 15 is 0 Å². The van der Waals surface area contributed by atoms with Crippen molar-refractivity contribution in [2.75, 3.05) is 25.5 Å². The third kappa shape index (κ3) is 3.02. The van der Waals surface area contributed by atoms with E-state index in [2.05, 4.69) is 19.9 Å². The van der Waals surface area contributed by atoms with Crippen LogP contribution in [0.25, 0.3) is 11.2 Å². The van der Waals surface area contributed by atoms with Gasteiger partial charge in [-0.1, -0.05) is 6.07 Å². The lowest BCUT2D eigenvalue weighted by molar-refractivity contribution is -0.130. The number of nitrogens with zero attached hydrogens (tertiary/aromatic N) is 5. The average Bonchev–Trinajstić information content (AvgIpc) is 3.23. The van der Waals surface area contributed by atoms with E-state index in [4.69, 9.17) is 0 Å². The number of nitrogens with one attached hydrogen (secondary N) is 1. The summed E-state index contributed by atoms with van der Waals surface area (Å²) in [5.74, 6) is 0.692. The Morgan fingerprint density at radius 1 is 1.35 bits per heavy atom. The molecule has 0 bridgehead atoms. The molecule has 8 heteroatoms. The van der Waals surface area contributed by atoms with Gasteiger partial charge in [0, 0.05) is 19.0 Å². The highest BCUT2D eigenvalue weighted by Crippen LogP contribution is 2.24. The highest BCUT2D eigenvalue weighted by Gasteiger charge is 2.21. The van der Waals surface area contributed by atoms with E-state index in [9.17, 15) is 4.79 Å². The van der Waals surface area contributed by atoms with Crippen molar-refractivity contribution < 1.29 is 4.79 Å². The summed E-state index contributed by atoms with van der Waals surface area (Å²) < 4.78 is 0.